The summed E-state index contributed by atoms with van der Waals surface area (Å²) >= 11 is 12.1. The monoisotopic (exact) mass is 369 g/mol. The van der Waals surface area contributed by atoms with E-state index < -0.39 is 0 Å². The summed E-state index contributed by atoms with van der Waals surface area (Å²) in [5.74, 6) is 0.563. The molecule has 1 nitrogen and oxygen atoms in total. The molecule has 0 radical (unpaired) electrons. The van der Waals surface area contributed by atoms with Crippen LogP contribution in [0.5, 0.6) is 0 Å². The molecule has 25 heavy (non-hydrogen) atoms. The van der Waals surface area contributed by atoms with Gasteiger partial charge in [-0.25, -0.2) is 0 Å². The third kappa shape index (κ3) is 4.18. The molecule has 3 aromatic carbocycles. The maximum Gasteiger partial charge on any atom is 0.0462 e. The van der Waals surface area contributed by atoms with Crippen molar-refractivity contribution in [2.45, 2.75) is 26.2 Å². The van der Waals surface area contributed by atoms with E-state index in [0.29, 0.717) is 5.92 Å². The molecular weight excluding hydrogens is 349 g/mol. The van der Waals surface area contributed by atoms with Gasteiger partial charge in [0.15, 0.2) is 0 Å². The van der Waals surface area contributed by atoms with Crippen molar-refractivity contribution in [1.82, 2.24) is 0 Å². The Kier molecular flexibility index (Phi) is 5.67. The van der Waals surface area contributed by atoms with Crippen LogP contribution in [-0.4, -0.2) is 0 Å². The first kappa shape index (κ1) is 17.8. The van der Waals surface area contributed by atoms with Crippen LogP contribution >= 0.6 is 23.2 Å². The molecule has 128 valence electrons. The normalized spacial score (nSPS) is 12.0. The first-order valence-electron chi connectivity index (χ1n) is 8.49. The van der Waals surface area contributed by atoms with Crippen molar-refractivity contribution >= 4 is 40.3 Å². The van der Waals surface area contributed by atoms with E-state index >= 15 is 0 Å². The Morgan fingerprint density at radius 3 is 1.40 bits per heavy atom. The van der Waals surface area contributed by atoms with Gasteiger partial charge in [0.05, 0.1) is 0 Å². The summed E-state index contributed by atoms with van der Waals surface area (Å²) in [6, 6.07) is 24.5. The van der Waals surface area contributed by atoms with E-state index in [2.05, 4.69) is 43.0 Å². The molecule has 0 N–H and O–H groups in total. The van der Waals surface area contributed by atoms with Gasteiger partial charge in [-0.2, -0.15) is 0 Å². The topological polar surface area (TPSA) is 3.24 Å². The zero-order valence-electron chi connectivity index (χ0n) is 14.4. The Bertz CT molecular complexity index is 763. The van der Waals surface area contributed by atoms with Gasteiger partial charge in [0.1, 0.15) is 0 Å². The molecule has 3 heteroatoms. The van der Waals surface area contributed by atoms with E-state index in [1.165, 1.54) is 5.56 Å². The highest BCUT2D eigenvalue weighted by atomic mass is 35.5. The molecule has 1 atom stereocenters. The molecule has 0 saturated heterocycles. The number of benzene rings is 3. The molecule has 0 aromatic heterocycles. The van der Waals surface area contributed by atoms with E-state index in [0.717, 1.165) is 33.5 Å². The number of halogens is 2. The Labute approximate surface area is 159 Å². The minimum atomic E-state index is 0.563. The van der Waals surface area contributed by atoms with E-state index in [1.54, 1.807) is 0 Å². The first-order valence-corrected chi connectivity index (χ1v) is 9.25. The van der Waals surface area contributed by atoms with Gasteiger partial charge in [-0.3, -0.25) is 0 Å². The Balaban J connectivity index is 2.04. The number of hydrogen-bond donors (Lipinski definition) is 0. The molecule has 0 fully saturated rings. The van der Waals surface area contributed by atoms with Crippen LogP contribution in [0.15, 0.2) is 72.8 Å². The van der Waals surface area contributed by atoms with Crippen LogP contribution in [0.2, 0.25) is 10.0 Å². The molecule has 0 heterocycles. The second-order valence-electron chi connectivity index (χ2n) is 6.19. The van der Waals surface area contributed by atoms with E-state index in [4.69, 9.17) is 23.2 Å². The van der Waals surface area contributed by atoms with Crippen LogP contribution in [0.4, 0.5) is 17.1 Å². The maximum atomic E-state index is 6.06. The van der Waals surface area contributed by atoms with Crippen LogP contribution in [0, 0.1) is 0 Å². The highest BCUT2D eigenvalue weighted by molar-refractivity contribution is 6.31. The molecule has 0 saturated carbocycles. The number of nitrogens with zero attached hydrogens (tertiary/aromatic N) is 1. The van der Waals surface area contributed by atoms with Crippen molar-refractivity contribution in [1.29, 1.82) is 0 Å². The predicted octanol–water partition coefficient (Wildman–Crippen LogP) is 7.98. The largest absolute Gasteiger partial charge is 0.311 e. The van der Waals surface area contributed by atoms with Gasteiger partial charge in [0.2, 0.25) is 0 Å². The highest BCUT2D eigenvalue weighted by Gasteiger charge is 2.13. The third-order valence-corrected chi connectivity index (χ3v) is 5.01. The lowest BCUT2D eigenvalue weighted by atomic mass is 9.98. The molecule has 3 aromatic rings. The van der Waals surface area contributed by atoms with Crippen LogP contribution in [0.25, 0.3) is 0 Å². The fraction of sp³-hybridized carbons (Fsp3) is 0.182. The zero-order valence-corrected chi connectivity index (χ0v) is 15.9. The quantitative estimate of drug-likeness (QED) is 0.440. The van der Waals surface area contributed by atoms with E-state index in [-0.39, 0.29) is 0 Å². The average molecular weight is 370 g/mol. The Morgan fingerprint density at radius 2 is 1.04 bits per heavy atom. The van der Waals surface area contributed by atoms with Gasteiger partial charge < -0.3 is 4.90 Å². The summed E-state index contributed by atoms with van der Waals surface area (Å²) < 4.78 is 0. The molecule has 3 rings (SSSR count). The van der Waals surface area contributed by atoms with Crippen molar-refractivity contribution in [3.8, 4) is 0 Å². The van der Waals surface area contributed by atoms with Crippen molar-refractivity contribution in [2.75, 3.05) is 4.90 Å². The smallest absolute Gasteiger partial charge is 0.0462 e. The van der Waals surface area contributed by atoms with Gasteiger partial charge in [-0.05, 0) is 78.6 Å². The Morgan fingerprint density at radius 1 is 0.680 bits per heavy atom. The minimum absolute atomic E-state index is 0.563. The third-order valence-electron chi connectivity index (χ3n) is 4.50. The summed E-state index contributed by atoms with van der Waals surface area (Å²) in [5, 5.41) is 1.46. The lowest BCUT2D eigenvalue weighted by Gasteiger charge is -2.26. The predicted molar refractivity (Wildman–Crippen MR) is 110 cm³/mol. The maximum absolute atomic E-state index is 6.06. The zero-order chi connectivity index (χ0) is 17.8. The van der Waals surface area contributed by atoms with Crippen LogP contribution < -0.4 is 4.90 Å². The summed E-state index contributed by atoms with van der Waals surface area (Å²) in [5.41, 5.74) is 4.58. The molecule has 0 aliphatic heterocycles. The molecular formula is C22H21Cl2N. The fourth-order valence-electron chi connectivity index (χ4n) is 2.82. The highest BCUT2D eigenvalue weighted by Crippen LogP contribution is 2.36. The van der Waals surface area contributed by atoms with E-state index in [1.807, 2.05) is 48.5 Å². The van der Waals surface area contributed by atoms with E-state index in [9.17, 15) is 0 Å². The van der Waals surface area contributed by atoms with Gasteiger partial charge in [0, 0.05) is 27.1 Å². The average Bonchev–Trinajstić information content (AvgIpc) is 2.65. The lowest BCUT2D eigenvalue weighted by molar-refractivity contribution is 0.733. The first-order chi connectivity index (χ1) is 12.1. The number of hydrogen-bond acceptors (Lipinski definition) is 1. The molecule has 0 spiro atoms. The summed E-state index contributed by atoms with van der Waals surface area (Å²) in [6.07, 6.45) is 1.14. The van der Waals surface area contributed by atoms with Crippen molar-refractivity contribution < 1.29 is 0 Å². The summed E-state index contributed by atoms with van der Waals surface area (Å²) in [7, 11) is 0. The van der Waals surface area contributed by atoms with Gasteiger partial charge in [0.25, 0.3) is 0 Å². The van der Waals surface area contributed by atoms with Gasteiger partial charge >= 0.3 is 0 Å². The minimum Gasteiger partial charge on any atom is -0.311 e. The molecule has 1 unspecified atom stereocenters. The van der Waals surface area contributed by atoms with Gasteiger partial charge in [-0.15, -0.1) is 0 Å². The molecule has 0 amide bonds. The van der Waals surface area contributed by atoms with Crippen molar-refractivity contribution in [3.63, 3.8) is 0 Å². The second kappa shape index (κ2) is 7.95. The summed E-state index contributed by atoms with van der Waals surface area (Å²) in [6.45, 7) is 4.47. The number of rotatable bonds is 5. The van der Waals surface area contributed by atoms with Crippen molar-refractivity contribution in [2.24, 2.45) is 0 Å². The molecule has 0 aliphatic carbocycles. The molecule has 0 aliphatic rings. The van der Waals surface area contributed by atoms with Crippen LogP contribution in [0.1, 0.15) is 31.7 Å². The van der Waals surface area contributed by atoms with Crippen LogP contribution in [-0.2, 0) is 0 Å². The Hall–Kier alpha value is -1.96. The number of anilines is 3. The second-order valence-corrected chi connectivity index (χ2v) is 7.06. The SMILES string of the molecule is CCC(C)c1ccc(N(c2ccc(Cl)cc2)c2ccc(Cl)cc2)cc1. The lowest BCUT2D eigenvalue weighted by Crippen LogP contribution is -2.09. The van der Waals surface area contributed by atoms with Crippen molar-refractivity contribution in [3.05, 3.63) is 88.4 Å². The van der Waals surface area contributed by atoms with Gasteiger partial charge in [-0.1, -0.05) is 49.2 Å². The van der Waals surface area contributed by atoms with Crippen LogP contribution in [0.3, 0.4) is 0 Å². The molecule has 0 bridgehead atoms. The fourth-order valence-corrected chi connectivity index (χ4v) is 3.07. The standard InChI is InChI=1S/C22H21Cl2N/c1-3-16(2)17-4-10-20(11-5-17)25(21-12-6-18(23)7-13-21)22-14-8-19(24)9-15-22/h4-16H,3H2,1-2H3. The summed E-state index contributed by atoms with van der Waals surface area (Å²) in [4.78, 5) is 2.20.